The first-order chi connectivity index (χ1) is 13.6. The summed E-state index contributed by atoms with van der Waals surface area (Å²) in [5.41, 5.74) is 0.864. The van der Waals surface area contributed by atoms with Crippen LogP contribution in [0.5, 0.6) is 5.75 Å². The minimum atomic E-state index is -0.360. The number of hydrogen-bond donors (Lipinski definition) is 1. The SMILES string of the molecule is O=C(Nc1ccc(F)cc1)N1CC2C3C1C23Oc1ccnc2ccc(F)cc12. The van der Waals surface area contributed by atoms with Crippen molar-refractivity contribution in [1.29, 1.82) is 0 Å². The second-order valence-corrected chi connectivity index (χ2v) is 7.59. The minimum Gasteiger partial charge on any atom is -0.484 e. The van der Waals surface area contributed by atoms with Crippen molar-refractivity contribution in [2.45, 2.75) is 11.6 Å². The van der Waals surface area contributed by atoms with Crippen LogP contribution in [0.1, 0.15) is 0 Å². The van der Waals surface area contributed by atoms with Crippen molar-refractivity contribution in [2.75, 3.05) is 11.9 Å². The number of ether oxygens (including phenoxy) is 1. The van der Waals surface area contributed by atoms with E-state index in [0.29, 0.717) is 40.7 Å². The lowest BCUT2D eigenvalue weighted by molar-refractivity contribution is 0.193. The zero-order valence-electron chi connectivity index (χ0n) is 14.6. The lowest BCUT2D eigenvalue weighted by atomic mass is 10.2. The molecule has 2 aliphatic carbocycles. The normalized spacial score (nSPS) is 28.8. The second kappa shape index (κ2) is 5.19. The van der Waals surface area contributed by atoms with Gasteiger partial charge in [0.1, 0.15) is 23.0 Å². The number of pyridine rings is 1. The highest BCUT2D eigenvalue weighted by Gasteiger charge is 2.96. The van der Waals surface area contributed by atoms with E-state index in [1.807, 2.05) is 0 Å². The van der Waals surface area contributed by atoms with Gasteiger partial charge in [0.15, 0.2) is 0 Å². The molecular weight excluding hydrogens is 364 g/mol. The third-order valence-electron chi connectivity index (χ3n) is 6.15. The number of benzene rings is 2. The van der Waals surface area contributed by atoms with Gasteiger partial charge in [0.2, 0.25) is 0 Å². The van der Waals surface area contributed by atoms with E-state index in [-0.39, 0.29) is 29.3 Å². The zero-order chi connectivity index (χ0) is 19.0. The number of carbonyl (C=O) groups is 1. The number of nitrogens with zero attached hydrogens (tertiary/aromatic N) is 2. The Kier molecular flexibility index (Phi) is 2.93. The number of amides is 2. The molecule has 4 fully saturated rings. The highest BCUT2D eigenvalue weighted by molar-refractivity contribution is 5.91. The first kappa shape index (κ1) is 15.8. The number of halogens is 2. The molecule has 3 heterocycles. The van der Waals surface area contributed by atoms with E-state index in [4.69, 9.17) is 4.74 Å². The quantitative estimate of drug-likeness (QED) is 0.753. The maximum absolute atomic E-state index is 13.7. The third kappa shape index (κ3) is 2.04. The van der Waals surface area contributed by atoms with E-state index in [2.05, 4.69) is 10.3 Å². The van der Waals surface area contributed by atoms with Gasteiger partial charge in [0.05, 0.1) is 11.6 Å². The molecular formula is C21H15F2N3O2. The Balaban J connectivity index is 1.21. The molecule has 2 bridgehead atoms. The second-order valence-electron chi connectivity index (χ2n) is 7.59. The van der Waals surface area contributed by atoms with E-state index in [0.717, 1.165) is 0 Å². The lowest BCUT2D eigenvalue weighted by Gasteiger charge is -2.18. The van der Waals surface area contributed by atoms with E-state index >= 15 is 0 Å². The van der Waals surface area contributed by atoms with Crippen LogP contribution in [0.3, 0.4) is 0 Å². The molecule has 4 atom stereocenters. The van der Waals surface area contributed by atoms with Gasteiger partial charge >= 0.3 is 6.03 Å². The number of fused-ring (bicyclic) bond motifs is 2. The molecule has 7 heteroatoms. The summed E-state index contributed by atoms with van der Waals surface area (Å²) in [7, 11) is 0. The Hall–Kier alpha value is -3.22. The molecule has 3 aromatic rings. The highest BCUT2D eigenvalue weighted by Crippen LogP contribution is 2.80. The fourth-order valence-electron chi connectivity index (χ4n) is 4.73. The van der Waals surface area contributed by atoms with Crippen molar-refractivity contribution in [1.82, 2.24) is 9.88 Å². The van der Waals surface area contributed by atoms with Gasteiger partial charge < -0.3 is 15.0 Å². The molecule has 28 heavy (non-hydrogen) atoms. The monoisotopic (exact) mass is 379 g/mol. The van der Waals surface area contributed by atoms with Crippen molar-refractivity contribution in [3.8, 4) is 5.75 Å². The highest BCUT2D eigenvalue weighted by atomic mass is 19.1. The molecule has 0 spiro atoms. The van der Waals surface area contributed by atoms with Gasteiger partial charge in [-0.2, -0.15) is 0 Å². The van der Waals surface area contributed by atoms with Gasteiger partial charge in [-0.3, -0.25) is 4.98 Å². The van der Waals surface area contributed by atoms with Crippen LogP contribution < -0.4 is 10.1 Å². The number of nitrogens with one attached hydrogen (secondary N) is 1. The fourth-order valence-corrected chi connectivity index (χ4v) is 4.73. The third-order valence-corrected chi connectivity index (χ3v) is 6.15. The summed E-state index contributed by atoms with van der Waals surface area (Å²) in [4.78, 5) is 18.6. The first-order valence-electron chi connectivity index (χ1n) is 9.14. The molecule has 1 N–H and O–H groups in total. The summed E-state index contributed by atoms with van der Waals surface area (Å²) < 4.78 is 33.0. The Morgan fingerprint density at radius 2 is 1.93 bits per heavy atom. The Morgan fingerprint density at radius 3 is 2.71 bits per heavy atom. The van der Waals surface area contributed by atoms with Crippen molar-refractivity contribution in [2.24, 2.45) is 11.8 Å². The van der Waals surface area contributed by atoms with E-state index in [1.54, 1.807) is 23.2 Å². The minimum absolute atomic E-state index is 0.0229. The molecule has 5 nitrogen and oxygen atoms in total. The summed E-state index contributed by atoms with van der Waals surface area (Å²) in [5.74, 6) is 0.533. The summed E-state index contributed by atoms with van der Waals surface area (Å²) in [6.07, 6.45) is 1.65. The van der Waals surface area contributed by atoms with Crippen molar-refractivity contribution in [3.05, 3.63) is 66.4 Å². The zero-order valence-corrected chi connectivity index (χ0v) is 14.6. The number of aromatic nitrogens is 1. The molecule has 0 radical (unpaired) electrons. The van der Waals surface area contributed by atoms with E-state index < -0.39 is 0 Å². The maximum atomic E-state index is 13.7. The van der Waals surface area contributed by atoms with Crippen LogP contribution in [0.15, 0.2) is 54.7 Å². The number of piperidine rings is 1. The number of carbonyl (C=O) groups excluding carboxylic acids is 1. The summed E-state index contributed by atoms with van der Waals surface area (Å²) >= 11 is 0. The lowest BCUT2D eigenvalue weighted by Crippen LogP contribution is -2.35. The molecule has 4 unspecified atom stereocenters. The predicted octanol–water partition coefficient (Wildman–Crippen LogP) is 3.81. The molecule has 4 aliphatic rings. The Bertz CT molecular complexity index is 1130. The van der Waals surface area contributed by atoms with Crippen LogP contribution in [-0.4, -0.2) is 34.1 Å². The smallest absolute Gasteiger partial charge is 0.322 e. The molecule has 7 rings (SSSR count). The number of anilines is 1. The number of rotatable bonds is 3. The van der Waals surface area contributed by atoms with Crippen LogP contribution in [0, 0.1) is 23.5 Å². The van der Waals surface area contributed by atoms with Gasteiger partial charge in [-0.05, 0) is 48.5 Å². The van der Waals surface area contributed by atoms with Crippen molar-refractivity contribution < 1.29 is 18.3 Å². The molecule has 2 amide bonds. The van der Waals surface area contributed by atoms with Crippen LogP contribution in [0.25, 0.3) is 10.9 Å². The molecule has 1 aromatic heterocycles. The largest absolute Gasteiger partial charge is 0.484 e. The van der Waals surface area contributed by atoms with Gasteiger partial charge in [-0.1, -0.05) is 0 Å². The average molecular weight is 379 g/mol. The molecule has 2 saturated heterocycles. The van der Waals surface area contributed by atoms with Gasteiger partial charge in [-0.15, -0.1) is 0 Å². The van der Waals surface area contributed by atoms with Crippen LogP contribution in [0.4, 0.5) is 19.3 Å². The van der Waals surface area contributed by atoms with Crippen molar-refractivity contribution >= 4 is 22.6 Å². The number of hydrogen-bond acceptors (Lipinski definition) is 3. The summed E-state index contributed by atoms with van der Waals surface area (Å²) in [5, 5.41) is 3.44. The number of urea groups is 1. The fraction of sp³-hybridized carbons (Fsp3) is 0.238. The first-order valence-corrected chi connectivity index (χ1v) is 9.14. The summed E-state index contributed by atoms with van der Waals surface area (Å²) in [6.45, 7) is 0.625. The molecule has 2 aliphatic heterocycles. The Morgan fingerprint density at radius 1 is 1.14 bits per heavy atom. The topological polar surface area (TPSA) is 54.5 Å². The van der Waals surface area contributed by atoms with Gasteiger partial charge in [0.25, 0.3) is 0 Å². The van der Waals surface area contributed by atoms with Crippen LogP contribution >= 0.6 is 0 Å². The van der Waals surface area contributed by atoms with Gasteiger partial charge in [-0.25, -0.2) is 13.6 Å². The van der Waals surface area contributed by atoms with E-state index in [9.17, 15) is 13.6 Å². The summed E-state index contributed by atoms with van der Waals surface area (Å²) in [6, 6.07) is 11.7. The standard InChI is InChI=1S/C21H15F2N3O2/c22-11-1-4-13(5-2-11)25-20(27)26-10-15-18-19(26)21(15,18)28-17-7-8-24-16-6-3-12(23)9-14(16)17/h1-9,15,18-19H,10H2,(H,25,27). The Labute approximate surface area is 158 Å². The van der Waals surface area contributed by atoms with Crippen molar-refractivity contribution in [3.63, 3.8) is 0 Å². The predicted molar refractivity (Wildman–Crippen MR) is 98.0 cm³/mol. The van der Waals surface area contributed by atoms with Crippen LogP contribution in [-0.2, 0) is 0 Å². The molecule has 140 valence electrons. The van der Waals surface area contributed by atoms with E-state index in [1.165, 1.54) is 36.4 Å². The average Bonchev–Trinajstić information content (AvgIpc) is 3.36. The van der Waals surface area contributed by atoms with Gasteiger partial charge in [0, 0.05) is 35.7 Å². The molecule has 2 saturated carbocycles. The molecule has 2 aromatic carbocycles. The van der Waals surface area contributed by atoms with Crippen LogP contribution in [0.2, 0.25) is 0 Å². The maximum Gasteiger partial charge on any atom is 0.322 e.